The number of methoxy groups -OCH3 is 1. The molecule has 0 saturated heterocycles. The largest absolute Gasteiger partial charge is 0.494 e. The highest BCUT2D eigenvalue weighted by molar-refractivity contribution is 6.30. The third kappa shape index (κ3) is 2.87. The third-order valence-electron chi connectivity index (χ3n) is 2.58. The number of Topliss-reactive ketones (excluding diaryl/α,β-unsaturated/α-hetero) is 1. The van der Waals surface area contributed by atoms with Crippen LogP contribution in [0.3, 0.4) is 0 Å². The van der Waals surface area contributed by atoms with Crippen LogP contribution in [0.2, 0.25) is 5.02 Å². The molecular weight excluding hydrogens is 250 g/mol. The number of hydrogen-bond acceptors (Lipinski definition) is 3. The van der Waals surface area contributed by atoms with Crippen LogP contribution >= 0.6 is 11.6 Å². The van der Waals surface area contributed by atoms with Crippen LogP contribution in [0.15, 0.2) is 42.7 Å². The molecule has 0 aliphatic rings. The van der Waals surface area contributed by atoms with E-state index in [0.29, 0.717) is 22.8 Å². The van der Waals surface area contributed by atoms with Crippen LogP contribution in [-0.4, -0.2) is 17.9 Å². The van der Waals surface area contributed by atoms with Gasteiger partial charge in [0.15, 0.2) is 5.78 Å². The standard InChI is InChI=1S/C14H12ClNO2/c1-18-14-9-16-7-6-12(14)13(17)8-10-2-4-11(15)5-3-10/h2-7,9H,8H2,1H3. The fourth-order valence-electron chi connectivity index (χ4n) is 1.66. The second-order valence-corrected chi connectivity index (χ2v) is 4.24. The van der Waals surface area contributed by atoms with Crippen molar-refractivity contribution in [3.05, 3.63) is 58.9 Å². The van der Waals surface area contributed by atoms with E-state index in [1.165, 1.54) is 13.3 Å². The first-order valence-electron chi connectivity index (χ1n) is 5.46. The molecule has 18 heavy (non-hydrogen) atoms. The van der Waals surface area contributed by atoms with Gasteiger partial charge in [-0.2, -0.15) is 0 Å². The number of halogens is 1. The second-order valence-electron chi connectivity index (χ2n) is 3.80. The van der Waals surface area contributed by atoms with E-state index in [0.717, 1.165) is 5.56 Å². The Morgan fingerprint density at radius 2 is 2.00 bits per heavy atom. The predicted molar refractivity (Wildman–Crippen MR) is 70.3 cm³/mol. The number of pyridine rings is 1. The average Bonchev–Trinajstić information content (AvgIpc) is 2.41. The lowest BCUT2D eigenvalue weighted by molar-refractivity contribution is 0.0990. The number of rotatable bonds is 4. The average molecular weight is 262 g/mol. The summed E-state index contributed by atoms with van der Waals surface area (Å²) < 4.78 is 5.12. The van der Waals surface area contributed by atoms with Crippen LogP contribution in [0.4, 0.5) is 0 Å². The van der Waals surface area contributed by atoms with E-state index in [2.05, 4.69) is 4.98 Å². The van der Waals surface area contributed by atoms with E-state index in [1.54, 1.807) is 24.4 Å². The van der Waals surface area contributed by atoms with E-state index in [1.807, 2.05) is 12.1 Å². The number of benzene rings is 1. The topological polar surface area (TPSA) is 39.2 Å². The molecule has 0 unspecified atom stereocenters. The smallest absolute Gasteiger partial charge is 0.171 e. The highest BCUT2D eigenvalue weighted by Gasteiger charge is 2.12. The Hall–Kier alpha value is -1.87. The molecule has 0 saturated carbocycles. The highest BCUT2D eigenvalue weighted by atomic mass is 35.5. The summed E-state index contributed by atoms with van der Waals surface area (Å²) in [5.41, 5.74) is 1.46. The number of carbonyl (C=O) groups excluding carboxylic acids is 1. The number of aromatic nitrogens is 1. The van der Waals surface area contributed by atoms with Gasteiger partial charge >= 0.3 is 0 Å². The zero-order chi connectivity index (χ0) is 13.0. The maximum Gasteiger partial charge on any atom is 0.171 e. The molecule has 92 valence electrons. The van der Waals surface area contributed by atoms with Crippen molar-refractivity contribution < 1.29 is 9.53 Å². The summed E-state index contributed by atoms with van der Waals surface area (Å²) in [6.07, 6.45) is 3.43. The molecule has 3 nitrogen and oxygen atoms in total. The van der Waals surface area contributed by atoms with Gasteiger partial charge in [0.2, 0.25) is 0 Å². The van der Waals surface area contributed by atoms with E-state index < -0.39 is 0 Å². The molecule has 0 spiro atoms. The zero-order valence-electron chi connectivity index (χ0n) is 9.89. The summed E-state index contributed by atoms with van der Waals surface area (Å²) in [6.45, 7) is 0. The van der Waals surface area contributed by atoms with Crippen LogP contribution in [0.5, 0.6) is 5.75 Å². The van der Waals surface area contributed by atoms with Gasteiger partial charge in [0, 0.05) is 17.6 Å². The van der Waals surface area contributed by atoms with Gasteiger partial charge in [-0.15, -0.1) is 0 Å². The maximum atomic E-state index is 12.1. The van der Waals surface area contributed by atoms with Gasteiger partial charge in [-0.25, -0.2) is 0 Å². The minimum absolute atomic E-state index is 0.00317. The maximum absolute atomic E-state index is 12.1. The van der Waals surface area contributed by atoms with E-state index in [4.69, 9.17) is 16.3 Å². The summed E-state index contributed by atoms with van der Waals surface area (Å²) in [5, 5.41) is 0.660. The van der Waals surface area contributed by atoms with Crippen LogP contribution in [0, 0.1) is 0 Å². The number of ketones is 1. The summed E-state index contributed by atoms with van der Waals surface area (Å²) in [4.78, 5) is 16.1. The molecular formula is C14H12ClNO2. The fraction of sp³-hybridized carbons (Fsp3) is 0.143. The Kier molecular flexibility index (Phi) is 3.95. The Bertz CT molecular complexity index is 552. The first-order chi connectivity index (χ1) is 8.70. The van der Waals surface area contributed by atoms with Gasteiger partial charge in [-0.1, -0.05) is 23.7 Å². The van der Waals surface area contributed by atoms with Crippen molar-refractivity contribution >= 4 is 17.4 Å². The summed E-state index contributed by atoms with van der Waals surface area (Å²) >= 11 is 5.80. The predicted octanol–water partition coefficient (Wildman–Crippen LogP) is 3.17. The third-order valence-corrected chi connectivity index (χ3v) is 2.83. The molecule has 0 amide bonds. The second kappa shape index (κ2) is 5.65. The Balaban J connectivity index is 2.19. The first kappa shape index (κ1) is 12.6. The summed E-state index contributed by atoms with van der Waals surface area (Å²) in [5.74, 6) is 0.494. The Morgan fingerprint density at radius 3 is 2.67 bits per heavy atom. The molecule has 2 rings (SSSR count). The van der Waals surface area contributed by atoms with Crippen molar-refractivity contribution in [1.82, 2.24) is 4.98 Å². The van der Waals surface area contributed by atoms with Gasteiger partial charge in [-0.3, -0.25) is 9.78 Å². The zero-order valence-corrected chi connectivity index (χ0v) is 10.6. The molecule has 0 aliphatic heterocycles. The normalized spacial score (nSPS) is 10.1. The molecule has 1 aromatic heterocycles. The Labute approximate surface area is 110 Å². The van der Waals surface area contributed by atoms with Crippen LogP contribution in [-0.2, 0) is 6.42 Å². The number of carbonyl (C=O) groups is 1. The number of nitrogens with zero attached hydrogens (tertiary/aromatic N) is 1. The molecule has 0 N–H and O–H groups in total. The van der Waals surface area contributed by atoms with Gasteiger partial charge in [0.25, 0.3) is 0 Å². The van der Waals surface area contributed by atoms with Gasteiger partial charge in [-0.05, 0) is 23.8 Å². The molecule has 0 radical (unpaired) electrons. The molecule has 2 aromatic rings. The molecule has 0 atom stereocenters. The van der Waals surface area contributed by atoms with Crippen LogP contribution in [0.1, 0.15) is 15.9 Å². The fourth-order valence-corrected chi connectivity index (χ4v) is 1.78. The lowest BCUT2D eigenvalue weighted by atomic mass is 10.0. The lowest BCUT2D eigenvalue weighted by Crippen LogP contribution is -2.06. The van der Waals surface area contributed by atoms with Crippen molar-refractivity contribution in [3.63, 3.8) is 0 Å². The van der Waals surface area contributed by atoms with Gasteiger partial charge < -0.3 is 4.74 Å². The van der Waals surface area contributed by atoms with E-state index >= 15 is 0 Å². The molecule has 0 aliphatic carbocycles. The van der Waals surface area contributed by atoms with Crippen molar-refractivity contribution in [1.29, 1.82) is 0 Å². The van der Waals surface area contributed by atoms with Crippen molar-refractivity contribution in [3.8, 4) is 5.75 Å². The van der Waals surface area contributed by atoms with Gasteiger partial charge in [0.05, 0.1) is 18.9 Å². The summed E-state index contributed by atoms with van der Waals surface area (Å²) in [7, 11) is 1.52. The highest BCUT2D eigenvalue weighted by Crippen LogP contribution is 2.19. The SMILES string of the molecule is COc1cnccc1C(=O)Cc1ccc(Cl)cc1. The lowest BCUT2D eigenvalue weighted by Gasteiger charge is -2.06. The van der Waals surface area contributed by atoms with Gasteiger partial charge in [0.1, 0.15) is 5.75 Å². The van der Waals surface area contributed by atoms with Crippen molar-refractivity contribution in [2.24, 2.45) is 0 Å². The van der Waals surface area contributed by atoms with Crippen molar-refractivity contribution in [2.75, 3.05) is 7.11 Å². The summed E-state index contributed by atoms with van der Waals surface area (Å²) in [6, 6.07) is 8.89. The molecule has 4 heteroatoms. The monoisotopic (exact) mass is 261 g/mol. The number of ether oxygens (including phenoxy) is 1. The minimum atomic E-state index is -0.00317. The molecule has 0 bridgehead atoms. The van der Waals surface area contributed by atoms with Crippen LogP contribution < -0.4 is 4.74 Å². The van der Waals surface area contributed by atoms with E-state index in [9.17, 15) is 4.79 Å². The van der Waals surface area contributed by atoms with Crippen LogP contribution in [0.25, 0.3) is 0 Å². The minimum Gasteiger partial charge on any atom is -0.494 e. The molecule has 0 fully saturated rings. The molecule has 1 heterocycles. The first-order valence-corrected chi connectivity index (χ1v) is 5.84. The van der Waals surface area contributed by atoms with Crippen molar-refractivity contribution in [2.45, 2.75) is 6.42 Å². The Morgan fingerprint density at radius 1 is 1.28 bits per heavy atom. The van der Waals surface area contributed by atoms with E-state index in [-0.39, 0.29) is 5.78 Å². The number of hydrogen-bond donors (Lipinski definition) is 0. The quantitative estimate of drug-likeness (QED) is 0.794. The molecule has 1 aromatic carbocycles.